The molecule has 24 heavy (non-hydrogen) atoms. The number of amides is 2. The van der Waals surface area contributed by atoms with Crippen molar-refractivity contribution in [1.82, 2.24) is 10.6 Å². The summed E-state index contributed by atoms with van der Waals surface area (Å²) >= 11 is 0. The highest BCUT2D eigenvalue weighted by Crippen LogP contribution is 2.06. The normalized spacial score (nSPS) is 10.1. The Hall–Kier alpha value is -2.50. The number of rotatable bonds is 10. The highest BCUT2D eigenvalue weighted by molar-refractivity contribution is 5.99. The molecule has 0 saturated carbocycles. The van der Waals surface area contributed by atoms with Crippen LogP contribution in [0.4, 0.5) is 0 Å². The van der Waals surface area contributed by atoms with Gasteiger partial charge in [-0.15, -0.1) is 0 Å². The van der Waals surface area contributed by atoms with E-state index in [1.165, 1.54) is 19.9 Å². The number of nitrogens with one attached hydrogen (secondary N) is 2. The maximum Gasteiger partial charge on any atom is 0.251 e. The summed E-state index contributed by atoms with van der Waals surface area (Å²) in [4.78, 5) is 45.8. The third-order valence-electron chi connectivity index (χ3n) is 3.37. The summed E-state index contributed by atoms with van der Waals surface area (Å²) in [5.41, 5.74) is 0.795. The molecule has 0 aliphatic carbocycles. The van der Waals surface area contributed by atoms with E-state index in [0.717, 1.165) is 0 Å². The van der Waals surface area contributed by atoms with Crippen molar-refractivity contribution in [2.75, 3.05) is 13.1 Å². The van der Waals surface area contributed by atoms with Crippen LogP contribution in [0.3, 0.4) is 0 Å². The summed E-state index contributed by atoms with van der Waals surface area (Å²) in [6.07, 6.45) is 2.06. The monoisotopic (exact) mass is 332 g/mol. The Morgan fingerprint density at radius 1 is 0.792 bits per heavy atom. The van der Waals surface area contributed by atoms with Gasteiger partial charge in [0.25, 0.3) is 11.8 Å². The topological polar surface area (TPSA) is 92.3 Å². The molecule has 0 saturated heterocycles. The molecular formula is C18H24N2O4. The average Bonchev–Trinajstić information content (AvgIpc) is 2.55. The molecule has 0 atom stereocenters. The van der Waals surface area contributed by atoms with Crippen molar-refractivity contribution >= 4 is 23.4 Å². The lowest BCUT2D eigenvalue weighted by Gasteiger charge is -2.07. The molecule has 1 aromatic carbocycles. The van der Waals surface area contributed by atoms with Crippen molar-refractivity contribution < 1.29 is 19.2 Å². The minimum absolute atomic E-state index is 0.0905. The Balaban J connectivity index is 2.49. The summed E-state index contributed by atoms with van der Waals surface area (Å²) in [6, 6.07) is 6.44. The van der Waals surface area contributed by atoms with E-state index in [0.29, 0.717) is 49.9 Å². The molecule has 0 spiro atoms. The zero-order chi connectivity index (χ0) is 17.9. The molecule has 130 valence electrons. The quantitative estimate of drug-likeness (QED) is 0.640. The Morgan fingerprint density at radius 3 is 1.58 bits per heavy atom. The molecule has 1 rings (SSSR count). The molecule has 0 bridgehead atoms. The van der Waals surface area contributed by atoms with Crippen LogP contribution < -0.4 is 10.6 Å². The van der Waals surface area contributed by atoms with Crippen LogP contribution >= 0.6 is 0 Å². The molecule has 0 heterocycles. The third-order valence-corrected chi connectivity index (χ3v) is 3.37. The van der Waals surface area contributed by atoms with Gasteiger partial charge in [-0.05, 0) is 44.9 Å². The second-order valence-electron chi connectivity index (χ2n) is 5.70. The zero-order valence-corrected chi connectivity index (χ0v) is 14.2. The number of carbonyl (C=O) groups is 4. The molecule has 6 nitrogen and oxygen atoms in total. The maximum absolute atomic E-state index is 12.0. The molecule has 2 amide bonds. The molecule has 6 heteroatoms. The fourth-order valence-electron chi connectivity index (χ4n) is 2.08. The Kier molecular flexibility index (Phi) is 8.39. The van der Waals surface area contributed by atoms with Gasteiger partial charge in [0.05, 0.1) is 0 Å². The minimum atomic E-state index is -0.273. The van der Waals surface area contributed by atoms with E-state index in [1.807, 2.05) is 0 Å². The molecule has 0 fully saturated rings. The fraction of sp³-hybridized carbons (Fsp3) is 0.444. The lowest BCUT2D eigenvalue weighted by molar-refractivity contribution is -0.117. The number of hydrogen-bond donors (Lipinski definition) is 2. The fourth-order valence-corrected chi connectivity index (χ4v) is 2.08. The van der Waals surface area contributed by atoms with E-state index in [-0.39, 0.29) is 23.4 Å². The van der Waals surface area contributed by atoms with Crippen molar-refractivity contribution in [3.63, 3.8) is 0 Å². The van der Waals surface area contributed by atoms with Crippen molar-refractivity contribution in [3.8, 4) is 0 Å². The molecular weight excluding hydrogens is 308 g/mol. The van der Waals surface area contributed by atoms with Crippen LogP contribution in [-0.4, -0.2) is 36.5 Å². The number of hydrogen-bond acceptors (Lipinski definition) is 4. The van der Waals surface area contributed by atoms with E-state index in [9.17, 15) is 19.2 Å². The van der Waals surface area contributed by atoms with Crippen molar-refractivity contribution in [3.05, 3.63) is 35.4 Å². The van der Waals surface area contributed by atoms with Crippen LogP contribution in [0.25, 0.3) is 0 Å². The lowest BCUT2D eigenvalue weighted by atomic mass is 10.1. The van der Waals surface area contributed by atoms with Crippen LogP contribution in [0.5, 0.6) is 0 Å². The minimum Gasteiger partial charge on any atom is -0.352 e. The molecule has 2 N–H and O–H groups in total. The summed E-state index contributed by atoms with van der Waals surface area (Å²) < 4.78 is 0. The van der Waals surface area contributed by atoms with Crippen molar-refractivity contribution in [2.45, 2.75) is 39.5 Å². The molecule has 1 aromatic rings. The van der Waals surface area contributed by atoms with Gasteiger partial charge in [-0.2, -0.15) is 0 Å². The number of benzene rings is 1. The SMILES string of the molecule is CC(=O)CCCNC(=O)c1cccc(C(=O)NCCCC(C)=O)c1. The number of carbonyl (C=O) groups excluding carboxylic acids is 4. The van der Waals surface area contributed by atoms with Gasteiger partial charge >= 0.3 is 0 Å². The van der Waals surface area contributed by atoms with E-state index < -0.39 is 0 Å². The van der Waals surface area contributed by atoms with Crippen LogP contribution in [-0.2, 0) is 9.59 Å². The predicted molar refractivity (Wildman–Crippen MR) is 90.9 cm³/mol. The van der Waals surface area contributed by atoms with Gasteiger partial charge in [0.1, 0.15) is 11.6 Å². The Morgan fingerprint density at radius 2 is 1.21 bits per heavy atom. The summed E-state index contributed by atoms with van der Waals surface area (Å²) in [7, 11) is 0. The van der Waals surface area contributed by atoms with Gasteiger partial charge in [0.2, 0.25) is 0 Å². The second kappa shape index (κ2) is 10.3. The summed E-state index contributed by atoms with van der Waals surface area (Å²) in [6.45, 7) is 3.86. The van der Waals surface area contributed by atoms with Gasteiger partial charge in [0.15, 0.2) is 0 Å². The van der Waals surface area contributed by atoms with E-state index in [2.05, 4.69) is 10.6 Å². The van der Waals surface area contributed by atoms with Gasteiger partial charge in [0, 0.05) is 37.1 Å². The first kappa shape index (κ1) is 19.5. The molecule has 0 aliphatic rings. The molecule has 0 aliphatic heterocycles. The van der Waals surface area contributed by atoms with Crippen LogP contribution in [0, 0.1) is 0 Å². The van der Waals surface area contributed by atoms with Crippen LogP contribution in [0.15, 0.2) is 24.3 Å². The van der Waals surface area contributed by atoms with Crippen LogP contribution in [0.1, 0.15) is 60.2 Å². The molecule has 0 unspecified atom stereocenters. The van der Waals surface area contributed by atoms with Crippen LogP contribution in [0.2, 0.25) is 0 Å². The first-order valence-electron chi connectivity index (χ1n) is 8.05. The predicted octanol–water partition coefficient (Wildman–Crippen LogP) is 1.88. The van der Waals surface area contributed by atoms with Gasteiger partial charge in [-0.1, -0.05) is 6.07 Å². The van der Waals surface area contributed by atoms with Gasteiger partial charge in [-0.25, -0.2) is 0 Å². The van der Waals surface area contributed by atoms with E-state index in [4.69, 9.17) is 0 Å². The average molecular weight is 332 g/mol. The van der Waals surface area contributed by atoms with E-state index in [1.54, 1.807) is 18.2 Å². The highest BCUT2D eigenvalue weighted by Gasteiger charge is 2.10. The van der Waals surface area contributed by atoms with Gasteiger partial charge < -0.3 is 20.2 Å². The van der Waals surface area contributed by atoms with E-state index >= 15 is 0 Å². The summed E-state index contributed by atoms with van der Waals surface area (Å²) in [5.74, 6) is -0.366. The highest BCUT2D eigenvalue weighted by atomic mass is 16.2. The lowest BCUT2D eigenvalue weighted by Crippen LogP contribution is -2.27. The smallest absolute Gasteiger partial charge is 0.251 e. The largest absolute Gasteiger partial charge is 0.352 e. The summed E-state index contributed by atoms with van der Waals surface area (Å²) in [5, 5.41) is 5.45. The van der Waals surface area contributed by atoms with Gasteiger partial charge in [-0.3, -0.25) is 9.59 Å². The zero-order valence-electron chi connectivity index (χ0n) is 14.2. The second-order valence-corrected chi connectivity index (χ2v) is 5.70. The number of Topliss-reactive ketones (excluding diaryl/α,β-unsaturated/α-hetero) is 2. The molecule has 0 aromatic heterocycles. The molecule has 0 radical (unpaired) electrons. The van der Waals surface area contributed by atoms with Crippen molar-refractivity contribution in [1.29, 1.82) is 0 Å². The first-order valence-corrected chi connectivity index (χ1v) is 8.05. The Labute approximate surface area is 142 Å². The first-order chi connectivity index (χ1) is 11.4. The maximum atomic E-state index is 12.0. The number of ketones is 2. The standard InChI is InChI=1S/C18H24N2O4/c1-13(21)6-4-10-19-17(23)15-8-3-9-16(12-15)18(24)20-11-5-7-14(2)22/h3,8-9,12H,4-7,10-11H2,1-2H3,(H,19,23)(H,20,24). The third kappa shape index (κ3) is 7.67. The van der Waals surface area contributed by atoms with Crippen molar-refractivity contribution in [2.24, 2.45) is 0 Å². The Bertz CT molecular complexity index is 562.